The zero-order chi connectivity index (χ0) is 15.9. The first-order chi connectivity index (χ1) is 10.5. The fourth-order valence-electron chi connectivity index (χ4n) is 5.64. The van der Waals surface area contributed by atoms with E-state index in [1.54, 1.807) is 14.0 Å². The second kappa shape index (κ2) is 5.70. The molecule has 0 N–H and O–H groups in total. The second-order valence-corrected chi connectivity index (χ2v) is 7.56. The molecule has 0 aliphatic heterocycles. The van der Waals surface area contributed by atoms with Gasteiger partial charge in [0.25, 0.3) is 0 Å². The van der Waals surface area contributed by atoms with E-state index in [0.29, 0.717) is 29.7 Å². The lowest BCUT2D eigenvalue weighted by molar-refractivity contribution is -0.255. The highest BCUT2D eigenvalue weighted by Gasteiger charge is 2.61. The second-order valence-electron chi connectivity index (χ2n) is 7.56. The first-order valence-electron chi connectivity index (χ1n) is 8.26. The van der Waals surface area contributed by atoms with Gasteiger partial charge in [-0.2, -0.15) is 5.26 Å². The van der Waals surface area contributed by atoms with E-state index in [1.165, 1.54) is 19.3 Å². The molecule has 4 rings (SSSR count). The summed E-state index contributed by atoms with van der Waals surface area (Å²) in [4.78, 5) is 12.0. The lowest BCUT2D eigenvalue weighted by atomic mass is 9.44. The molecule has 0 spiro atoms. The summed E-state index contributed by atoms with van der Waals surface area (Å²) in [5.41, 5.74) is 0.216. The van der Waals surface area contributed by atoms with Gasteiger partial charge in [-0.3, -0.25) is 0 Å². The maximum absolute atomic E-state index is 12.0. The minimum absolute atomic E-state index is 0.176. The van der Waals surface area contributed by atoms with Crippen molar-refractivity contribution in [1.29, 1.82) is 5.26 Å². The third kappa shape index (κ3) is 2.36. The molecule has 0 aromatic rings. The Morgan fingerprint density at radius 1 is 1.36 bits per heavy atom. The Balaban J connectivity index is 1.90. The first-order valence-corrected chi connectivity index (χ1v) is 8.26. The molecular formula is C18H25NO3. The molecule has 4 aliphatic carbocycles. The van der Waals surface area contributed by atoms with Crippen LogP contribution in [0.15, 0.2) is 12.2 Å². The molecule has 0 radical (unpaired) electrons. The van der Waals surface area contributed by atoms with Gasteiger partial charge in [-0.15, -0.1) is 0 Å². The van der Waals surface area contributed by atoms with Gasteiger partial charge in [-0.1, -0.05) is 6.58 Å². The SMILES string of the molecule is C=C(C)C(=O)OC(OC)C12CC3CC(CC(C3)C1CC#N)C2. The maximum atomic E-state index is 12.0. The summed E-state index contributed by atoms with van der Waals surface area (Å²) in [7, 11) is 1.61. The lowest BCUT2D eigenvalue weighted by Gasteiger charge is -2.62. The van der Waals surface area contributed by atoms with E-state index >= 15 is 0 Å². The van der Waals surface area contributed by atoms with Gasteiger partial charge in [-0.05, 0) is 62.7 Å². The van der Waals surface area contributed by atoms with Crippen LogP contribution in [-0.4, -0.2) is 19.4 Å². The van der Waals surface area contributed by atoms with E-state index in [4.69, 9.17) is 9.47 Å². The highest BCUT2D eigenvalue weighted by Crippen LogP contribution is 2.65. The minimum Gasteiger partial charge on any atom is -0.432 e. The van der Waals surface area contributed by atoms with Gasteiger partial charge in [0.15, 0.2) is 0 Å². The zero-order valence-corrected chi connectivity index (χ0v) is 13.5. The number of nitriles is 1. The predicted molar refractivity (Wildman–Crippen MR) is 81.4 cm³/mol. The summed E-state index contributed by atoms with van der Waals surface area (Å²) in [6.45, 7) is 5.32. The van der Waals surface area contributed by atoms with Gasteiger partial charge in [0.05, 0.1) is 6.07 Å². The van der Waals surface area contributed by atoms with Crippen molar-refractivity contribution in [3.05, 3.63) is 12.2 Å². The van der Waals surface area contributed by atoms with Gasteiger partial charge < -0.3 is 9.47 Å². The fourth-order valence-corrected chi connectivity index (χ4v) is 5.64. The van der Waals surface area contributed by atoms with E-state index in [2.05, 4.69) is 12.6 Å². The minimum atomic E-state index is -0.552. The average molecular weight is 303 g/mol. The number of esters is 1. The average Bonchev–Trinajstić information content (AvgIpc) is 2.47. The van der Waals surface area contributed by atoms with Crippen LogP contribution in [0.4, 0.5) is 0 Å². The highest BCUT2D eigenvalue weighted by molar-refractivity contribution is 5.87. The normalized spacial score (nSPS) is 40.0. The van der Waals surface area contributed by atoms with Crippen LogP contribution in [0.1, 0.15) is 45.4 Å². The monoisotopic (exact) mass is 303 g/mol. The Kier molecular flexibility index (Phi) is 4.03. The van der Waals surface area contributed by atoms with Crippen molar-refractivity contribution in [2.45, 2.75) is 51.7 Å². The molecule has 4 nitrogen and oxygen atoms in total. The third-order valence-electron chi connectivity index (χ3n) is 6.14. The molecule has 4 heteroatoms. The zero-order valence-electron chi connectivity index (χ0n) is 13.5. The molecule has 22 heavy (non-hydrogen) atoms. The van der Waals surface area contributed by atoms with E-state index in [-0.39, 0.29) is 11.3 Å². The summed E-state index contributed by atoms with van der Waals surface area (Å²) in [5.74, 6) is 1.89. The molecule has 4 atom stereocenters. The van der Waals surface area contributed by atoms with Crippen molar-refractivity contribution < 1.29 is 14.3 Å². The van der Waals surface area contributed by atoms with E-state index < -0.39 is 12.3 Å². The summed E-state index contributed by atoms with van der Waals surface area (Å²) < 4.78 is 11.3. The number of rotatable bonds is 5. The maximum Gasteiger partial charge on any atom is 0.335 e. The number of hydrogen-bond donors (Lipinski definition) is 0. The summed E-state index contributed by atoms with van der Waals surface area (Å²) >= 11 is 0. The third-order valence-corrected chi connectivity index (χ3v) is 6.14. The molecule has 0 aromatic heterocycles. The summed E-state index contributed by atoms with van der Waals surface area (Å²) in [5, 5.41) is 9.28. The van der Waals surface area contributed by atoms with Crippen molar-refractivity contribution in [2.75, 3.05) is 7.11 Å². The number of methoxy groups -OCH3 is 1. The van der Waals surface area contributed by atoms with Crippen LogP contribution in [0.3, 0.4) is 0 Å². The number of carbonyl (C=O) groups is 1. The molecule has 4 fully saturated rings. The topological polar surface area (TPSA) is 59.3 Å². The van der Waals surface area contributed by atoms with Crippen molar-refractivity contribution >= 4 is 5.97 Å². The van der Waals surface area contributed by atoms with E-state index in [9.17, 15) is 10.1 Å². The Labute approximate surface area is 132 Å². The molecule has 120 valence electrons. The van der Waals surface area contributed by atoms with Crippen LogP contribution in [0.5, 0.6) is 0 Å². The summed E-state index contributed by atoms with van der Waals surface area (Å²) in [6, 6.07) is 2.36. The molecule has 0 amide bonds. The number of ether oxygens (including phenoxy) is 2. The summed E-state index contributed by atoms with van der Waals surface area (Å²) in [6.07, 6.45) is 5.79. The molecule has 4 aliphatic rings. The van der Waals surface area contributed by atoms with Crippen LogP contribution in [0.2, 0.25) is 0 Å². The molecule has 4 saturated carbocycles. The van der Waals surface area contributed by atoms with E-state index in [1.807, 2.05) is 0 Å². The smallest absolute Gasteiger partial charge is 0.335 e. The van der Waals surface area contributed by atoms with Gasteiger partial charge in [0.1, 0.15) is 0 Å². The Hall–Kier alpha value is -1.34. The fraction of sp³-hybridized carbons (Fsp3) is 0.778. The Morgan fingerprint density at radius 3 is 2.50 bits per heavy atom. The number of carbonyl (C=O) groups excluding carboxylic acids is 1. The van der Waals surface area contributed by atoms with Crippen LogP contribution < -0.4 is 0 Å². The quantitative estimate of drug-likeness (QED) is 0.443. The van der Waals surface area contributed by atoms with Crippen LogP contribution in [0.25, 0.3) is 0 Å². The Bertz CT molecular complexity index is 507. The predicted octanol–water partition coefficient (Wildman–Crippen LogP) is 3.43. The van der Waals surface area contributed by atoms with Crippen LogP contribution in [-0.2, 0) is 14.3 Å². The van der Waals surface area contributed by atoms with Crippen molar-refractivity contribution in [1.82, 2.24) is 0 Å². The molecule has 4 bridgehead atoms. The highest BCUT2D eigenvalue weighted by atomic mass is 16.7. The number of nitrogens with zero attached hydrogens (tertiary/aromatic N) is 1. The van der Waals surface area contributed by atoms with Gasteiger partial charge in [-0.25, -0.2) is 4.79 Å². The largest absolute Gasteiger partial charge is 0.432 e. The molecule has 0 saturated heterocycles. The lowest BCUT2D eigenvalue weighted by Crippen LogP contribution is -2.59. The van der Waals surface area contributed by atoms with Crippen LogP contribution >= 0.6 is 0 Å². The molecule has 0 heterocycles. The van der Waals surface area contributed by atoms with Gasteiger partial charge in [0, 0.05) is 24.5 Å². The van der Waals surface area contributed by atoms with Crippen molar-refractivity contribution in [3.8, 4) is 6.07 Å². The van der Waals surface area contributed by atoms with Crippen LogP contribution in [0, 0.1) is 40.4 Å². The van der Waals surface area contributed by atoms with Crippen molar-refractivity contribution in [2.24, 2.45) is 29.1 Å². The standard InChI is InChI=1S/C18H25NO3/c1-11(2)16(20)22-17(21-3)18-9-12-6-13(10-18)8-14(7-12)15(18)4-5-19/h12-15,17H,1,4,6-10H2,2-3H3. The molecule has 4 unspecified atom stereocenters. The van der Waals surface area contributed by atoms with Crippen molar-refractivity contribution in [3.63, 3.8) is 0 Å². The molecular weight excluding hydrogens is 278 g/mol. The van der Waals surface area contributed by atoms with Gasteiger partial charge >= 0.3 is 5.97 Å². The molecule has 0 aromatic carbocycles. The first kappa shape index (κ1) is 15.6. The Morgan fingerprint density at radius 2 is 2.00 bits per heavy atom. The van der Waals surface area contributed by atoms with Gasteiger partial charge in [0.2, 0.25) is 6.29 Å². The van der Waals surface area contributed by atoms with E-state index in [0.717, 1.165) is 12.8 Å². The number of hydrogen-bond acceptors (Lipinski definition) is 4.